The number of nitrogens with two attached hydrogens (primary N) is 1. The number of carbonyl (C=O) groups is 1. The Morgan fingerprint density at radius 2 is 1.97 bits per heavy atom. The summed E-state index contributed by atoms with van der Waals surface area (Å²) in [4.78, 5) is 27.3. The summed E-state index contributed by atoms with van der Waals surface area (Å²) in [7, 11) is -3.48. The minimum atomic E-state index is -3.48. The quantitative estimate of drug-likeness (QED) is 0.572. The highest BCUT2D eigenvalue weighted by Crippen LogP contribution is 2.40. The SMILES string of the molecule is NS(=O)(=O)CC1CCCN(CC(=O)C2CCC(c3cc[nH]c4cnc5nccc5c34)CC2)C1. The lowest BCUT2D eigenvalue weighted by molar-refractivity contribution is -0.125. The number of hydrogen-bond acceptors (Lipinski definition) is 6. The molecule has 3 aromatic heterocycles. The molecule has 2 aliphatic rings. The lowest BCUT2D eigenvalue weighted by Gasteiger charge is -2.34. The van der Waals surface area contributed by atoms with Crippen molar-refractivity contribution < 1.29 is 13.2 Å². The first-order chi connectivity index (χ1) is 15.9. The number of primary sulfonamides is 1. The van der Waals surface area contributed by atoms with Gasteiger partial charge in [-0.1, -0.05) is 0 Å². The number of H-pyrrole nitrogens is 1. The minimum Gasteiger partial charge on any atom is -0.360 e. The van der Waals surface area contributed by atoms with Crippen molar-refractivity contribution >= 4 is 37.7 Å². The van der Waals surface area contributed by atoms with Gasteiger partial charge in [0, 0.05) is 35.6 Å². The molecule has 1 unspecified atom stereocenters. The number of rotatable bonds is 6. The van der Waals surface area contributed by atoms with E-state index in [1.54, 1.807) is 6.20 Å². The molecule has 1 saturated heterocycles. The number of likely N-dealkylation sites (tertiary alicyclic amines) is 1. The number of aromatic amines is 1. The maximum Gasteiger partial charge on any atom is 0.209 e. The van der Waals surface area contributed by atoms with E-state index in [2.05, 4.69) is 25.9 Å². The second-order valence-electron chi connectivity index (χ2n) is 9.75. The molecule has 0 amide bonds. The highest BCUT2D eigenvalue weighted by Gasteiger charge is 2.31. The van der Waals surface area contributed by atoms with E-state index < -0.39 is 10.0 Å². The molecule has 3 aromatic rings. The Kier molecular flexibility index (Phi) is 6.20. The molecule has 1 saturated carbocycles. The fourth-order valence-corrected chi connectivity index (χ4v) is 6.79. The summed E-state index contributed by atoms with van der Waals surface area (Å²) in [5.74, 6) is 0.831. The monoisotopic (exact) mass is 469 g/mol. The van der Waals surface area contributed by atoms with Crippen LogP contribution in [0.1, 0.15) is 50.0 Å². The van der Waals surface area contributed by atoms with Gasteiger partial charge in [0.05, 0.1) is 24.0 Å². The van der Waals surface area contributed by atoms with Gasteiger partial charge in [-0.2, -0.15) is 0 Å². The second kappa shape index (κ2) is 9.12. The van der Waals surface area contributed by atoms with Crippen molar-refractivity contribution in [3.63, 3.8) is 0 Å². The highest BCUT2D eigenvalue weighted by molar-refractivity contribution is 7.89. The zero-order chi connectivity index (χ0) is 23.0. The number of Topliss-reactive ketones (excluding diaryl/α,β-unsaturated/α-hetero) is 1. The number of hydrogen-bond donors (Lipinski definition) is 2. The van der Waals surface area contributed by atoms with Gasteiger partial charge < -0.3 is 4.98 Å². The molecule has 33 heavy (non-hydrogen) atoms. The van der Waals surface area contributed by atoms with Crippen LogP contribution in [-0.4, -0.2) is 59.4 Å². The summed E-state index contributed by atoms with van der Waals surface area (Å²) >= 11 is 0. The molecule has 2 fully saturated rings. The molecule has 0 aromatic carbocycles. The molecule has 176 valence electrons. The van der Waals surface area contributed by atoms with E-state index >= 15 is 0 Å². The molecule has 1 aliphatic carbocycles. The fraction of sp³-hybridized carbons (Fsp3) is 0.542. The van der Waals surface area contributed by atoms with Gasteiger partial charge in [0.25, 0.3) is 0 Å². The molecule has 5 rings (SSSR count). The van der Waals surface area contributed by atoms with Crippen LogP contribution < -0.4 is 5.14 Å². The van der Waals surface area contributed by atoms with Crippen molar-refractivity contribution in [1.82, 2.24) is 19.9 Å². The molecule has 4 heterocycles. The van der Waals surface area contributed by atoms with Gasteiger partial charge in [-0.25, -0.2) is 23.5 Å². The molecule has 1 aliphatic heterocycles. The Labute approximate surface area is 194 Å². The van der Waals surface area contributed by atoms with Crippen LogP contribution in [0.5, 0.6) is 0 Å². The Balaban J connectivity index is 1.23. The van der Waals surface area contributed by atoms with E-state index in [0.717, 1.165) is 61.6 Å². The first-order valence-electron chi connectivity index (χ1n) is 11.8. The molecule has 1 atom stereocenters. The number of aromatic nitrogens is 3. The summed E-state index contributed by atoms with van der Waals surface area (Å²) in [5, 5.41) is 7.51. The lowest BCUT2D eigenvalue weighted by Crippen LogP contribution is -2.43. The molecular weight excluding hydrogens is 438 g/mol. The average Bonchev–Trinajstić information content (AvgIpc) is 3.27. The van der Waals surface area contributed by atoms with Gasteiger partial charge in [-0.3, -0.25) is 9.69 Å². The number of fused-ring (bicyclic) bond motifs is 3. The van der Waals surface area contributed by atoms with E-state index in [9.17, 15) is 13.2 Å². The number of piperidine rings is 1. The maximum atomic E-state index is 13.0. The van der Waals surface area contributed by atoms with Gasteiger partial charge >= 0.3 is 0 Å². The maximum absolute atomic E-state index is 13.0. The van der Waals surface area contributed by atoms with Gasteiger partial charge in [0.1, 0.15) is 5.78 Å². The summed E-state index contributed by atoms with van der Waals surface area (Å²) in [5.41, 5.74) is 3.11. The zero-order valence-corrected chi connectivity index (χ0v) is 19.6. The van der Waals surface area contributed by atoms with Gasteiger partial charge in [0.2, 0.25) is 10.0 Å². The third kappa shape index (κ3) is 4.95. The Bertz CT molecular complexity index is 1260. The number of ketones is 1. The van der Waals surface area contributed by atoms with Crippen LogP contribution in [0.2, 0.25) is 0 Å². The predicted octanol–water partition coefficient (Wildman–Crippen LogP) is 2.95. The van der Waals surface area contributed by atoms with Crippen molar-refractivity contribution in [2.24, 2.45) is 17.0 Å². The van der Waals surface area contributed by atoms with Crippen LogP contribution in [0.4, 0.5) is 0 Å². The molecule has 0 bridgehead atoms. The van der Waals surface area contributed by atoms with Gasteiger partial charge in [0.15, 0.2) is 5.65 Å². The molecule has 0 spiro atoms. The number of carbonyl (C=O) groups excluding carboxylic acids is 1. The number of sulfonamides is 1. The molecule has 0 radical (unpaired) electrons. The van der Waals surface area contributed by atoms with E-state index in [4.69, 9.17) is 5.14 Å². The van der Waals surface area contributed by atoms with E-state index in [0.29, 0.717) is 24.8 Å². The second-order valence-corrected chi connectivity index (χ2v) is 11.4. The van der Waals surface area contributed by atoms with Crippen molar-refractivity contribution in [2.75, 3.05) is 25.4 Å². The normalized spacial score (nSPS) is 24.9. The Morgan fingerprint density at radius 1 is 1.15 bits per heavy atom. The number of nitrogens with zero attached hydrogens (tertiary/aromatic N) is 3. The van der Waals surface area contributed by atoms with Gasteiger partial charge in [-0.15, -0.1) is 0 Å². The lowest BCUT2D eigenvalue weighted by atomic mass is 9.76. The molecular formula is C24H31N5O3S. The van der Waals surface area contributed by atoms with E-state index in [1.807, 2.05) is 18.5 Å². The van der Waals surface area contributed by atoms with Crippen LogP contribution in [0.3, 0.4) is 0 Å². The van der Waals surface area contributed by atoms with Crippen molar-refractivity contribution in [3.8, 4) is 0 Å². The first kappa shape index (κ1) is 22.4. The number of nitrogens with one attached hydrogen (secondary N) is 1. The highest BCUT2D eigenvalue weighted by atomic mass is 32.2. The van der Waals surface area contributed by atoms with Crippen molar-refractivity contribution in [3.05, 3.63) is 36.3 Å². The smallest absolute Gasteiger partial charge is 0.209 e. The minimum absolute atomic E-state index is 0.00690. The molecule has 8 nitrogen and oxygen atoms in total. The van der Waals surface area contributed by atoms with Crippen LogP contribution >= 0.6 is 0 Å². The summed E-state index contributed by atoms with van der Waals surface area (Å²) in [6, 6.07) is 4.19. The largest absolute Gasteiger partial charge is 0.360 e. The summed E-state index contributed by atoms with van der Waals surface area (Å²) in [6.07, 6.45) is 11.2. The standard InChI is InChI=1S/C24H31N5O3S/c25-33(31,32)15-16-2-1-11-29(13-16)14-22(30)18-5-3-17(4-6-18)19-7-9-26-21-12-28-24-20(23(19)21)8-10-27-24/h7-10,12,16-18,26H,1-6,11,13-15H2,(H2,25,31,32). The Hall–Kier alpha value is -2.36. The van der Waals surface area contributed by atoms with E-state index in [1.165, 1.54) is 10.9 Å². The van der Waals surface area contributed by atoms with Crippen LogP contribution in [0.25, 0.3) is 21.9 Å². The molecule has 9 heteroatoms. The van der Waals surface area contributed by atoms with Crippen LogP contribution in [0.15, 0.2) is 30.7 Å². The fourth-order valence-electron chi connectivity index (χ4n) is 5.86. The summed E-state index contributed by atoms with van der Waals surface area (Å²) in [6.45, 7) is 1.92. The van der Waals surface area contributed by atoms with Gasteiger partial charge in [-0.05, 0) is 74.6 Å². The van der Waals surface area contributed by atoms with Crippen LogP contribution in [-0.2, 0) is 14.8 Å². The zero-order valence-electron chi connectivity index (χ0n) is 18.7. The average molecular weight is 470 g/mol. The first-order valence-corrected chi connectivity index (χ1v) is 13.5. The third-order valence-electron chi connectivity index (χ3n) is 7.40. The van der Waals surface area contributed by atoms with Crippen LogP contribution in [0, 0.1) is 11.8 Å². The van der Waals surface area contributed by atoms with Crippen molar-refractivity contribution in [2.45, 2.75) is 44.4 Å². The topological polar surface area (TPSA) is 122 Å². The number of pyridine rings is 2. The summed E-state index contributed by atoms with van der Waals surface area (Å²) < 4.78 is 22.9. The third-order valence-corrected chi connectivity index (χ3v) is 8.33. The Morgan fingerprint density at radius 3 is 2.76 bits per heavy atom. The molecule has 3 N–H and O–H groups in total. The van der Waals surface area contributed by atoms with Crippen molar-refractivity contribution in [1.29, 1.82) is 0 Å². The van der Waals surface area contributed by atoms with E-state index in [-0.39, 0.29) is 17.6 Å². The predicted molar refractivity (Wildman–Crippen MR) is 128 cm³/mol.